The van der Waals surface area contributed by atoms with Gasteiger partial charge in [0.2, 0.25) is 0 Å². The predicted molar refractivity (Wildman–Crippen MR) is 92.5 cm³/mol. The minimum absolute atomic E-state index is 0.194. The first-order chi connectivity index (χ1) is 11.4. The second kappa shape index (κ2) is 7.99. The summed E-state index contributed by atoms with van der Waals surface area (Å²) in [5, 5.41) is 10.2. The van der Waals surface area contributed by atoms with Crippen LogP contribution in [0.15, 0.2) is 18.2 Å². The molecule has 1 aromatic rings. The van der Waals surface area contributed by atoms with Crippen molar-refractivity contribution in [2.45, 2.75) is 32.6 Å². The molecule has 0 bridgehead atoms. The lowest BCUT2D eigenvalue weighted by molar-refractivity contribution is -0.152. The lowest BCUT2D eigenvalue weighted by Gasteiger charge is -2.40. The molecule has 0 aliphatic carbocycles. The normalized spacial score (nSPS) is 20.9. The van der Waals surface area contributed by atoms with Gasteiger partial charge in [-0.2, -0.15) is 0 Å². The minimum Gasteiger partial charge on any atom is -0.481 e. The molecule has 24 heavy (non-hydrogen) atoms. The number of halogens is 1. The third kappa shape index (κ3) is 4.08. The van der Waals surface area contributed by atoms with Crippen molar-refractivity contribution in [3.63, 3.8) is 0 Å². The van der Waals surface area contributed by atoms with E-state index in [0.717, 1.165) is 5.56 Å². The van der Waals surface area contributed by atoms with Gasteiger partial charge in [-0.15, -0.1) is 0 Å². The molecule has 0 radical (unpaired) electrons. The SMILES string of the molecule is COCCCC1(C(=O)O)CCCN(C(=O)c2cc(C)ccc2Cl)C1. The van der Waals surface area contributed by atoms with Gasteiger partial charge in [0.15, 0.2) is 0 Å². The number of carboxylic acid groups (broad SMARTS) is 1. The number of ether oxygens (including phenoxy) is 1. The molecule has 6 heteroatoms. The van der Waals surface area contributed by atoms with Crippen LogP contribution in [0.4, 0.5) is 0 Å². The van der Waals surface area contributed by atoms with Crippen LogP contribution in [0.2, 0.25) is 5.02 Å². The van der Waals surface area contributed by atoms with Crippen LogP contribution in [-0.4, -0.2) is 48.7 Å². The number of carbonyl (C=O) groups excluding carboxylic acids is 1. The Balaban J connectivity index is 2.20. The van der Waals surface area contributed by atoms with Gasteiger partial charge < -0.3 is 14.7 Å². The molecule has 1 fully saturated rings. The number of piperidine rings is 1. The zero-order valence-electron chi connectivity index (χ0n) is 14.2. The number of nitrogens with zero attached hydrogens (tertiary/aromatic N) is 1. The van der Waals surface area contributed by atoms with E-state index in [9.17, 15) is 14.7 Å². The van der Waals surface area contributed by atoms with Gasteiger partial charge in [-0.3, -0.25) is 9.59 Å². The average Bonchev–Trinajstić information content (AvgIpc) is 2.57. The van der Waals surface area contributed by atoms with Crippen LogP contribution in [-0.2, 0) is 9.53 Å². The van der Waals surface area contributed by atoms with Crippen molar-refractivity contribution in [3.8, 4) is 0 Å². The summed E-state index contributed by atoms with van der Waals surface area (Å²) < 4.78 is 5.04. The third-order valence-electron chi connectivity index (χ3n) is 4.67. The second-order valence-electron chi connectivity index (χ2n) is 6.50. The van der Waals surface area contributed by atoms with Gasteiger partial charge in [-0.1, -0.05) is 23.2 Å². The van der Waals surface area contributed by atoms with E-state index in [1.165, 1.54) is 0 Å². The summed E-state index contributed by atoms with van der Waals surface area (Å²) in [6.45, 7) is 3.19. The van der Waals surface area contributed by atoms with Crippen molar-refractivity contribution in [2.75, 3.05) is 26.8 Å². The summed E-state index contributed by atoms with van der Waals surface area (Å²) in [5.41, 5.74) is 0.488. The molecule has 132 valence electrons. The molecule has 1 heterocycles. The molecule has 1 aliphatic rings. The lowest BCUT2D eigenvalue weighted by Crippen LogP contribution is -2.50. The molecule has 1 atom stereocenters. The lowest BCUT2D eigenvalue weighted by atomic mass is 9.76. The van der Waals surface area contributed by atoms with Crippen LogP contribution >= 0.6 is 11.6 Å². The predicted octanol–water partition coefficient (Wildman–Crippen LogP) is 3.38. The fourth-order valence-electron chi connectivity index (χ4n) is 3.32. The van der Waals surface area contributed by atoms with Crippen LogP contribution in [0, 0.1) is 12.3 Å². The number of aliphatic carboxylic acids is 1. The summed E-state index contributed by atoms with van der Waals surface area (Å²) in [7, 11) is 1.60. The largest absolute Gasteiger partial charge is 0.481 e. The van der Waals surface area contributed by atoms with E-state index in [1.54, 1.807) is 24.1 Å². The summed E-state index contributed by atoms with van der Waals surface area (Å²) in [4.78, 5) is 26.4. The third-order valence-corrected chi connectivity index (χ3v) is 5.00. The topological polar surface area (TPSA) is 66.8 Å². The maximum Gasteiger partial charge on any atom is 0.311 e. The first-order valence-corrected chi connectivity index (χ1v) is 8.55. The number of aryl methyl sites for hydroxylation is 1. The number of likely N-dealkylation sites (tertiary alicyclic amines) is 1. The summed E-state index contributed by atoms with van der Waals surface area (Å²) >= 11 is 6.17. The molecule has 1 unspecified atom stereocenters. The monoisotopic (exact) mass is 353 g/mol. The number of rotatable bonds is 6. The molecule has 5 nitrogen and oxygen atoms in total. The number of methoxy groups -OCH3 is 1. The zero-order valence-corrected chi connectivity index (χ0v) is 14.9. The van der Waals surface area contributed by atoms with Crippen LogP contribution in [0.1, 0.15) is 41.6 Å². The van der Waals surface area contributed by atoms with E-state index in [4.69, 9.17) is 16.3 Å². The van der Waals surface area contributed by atoms with E-state index in [0.29, 0.717) is 49.4 Å². The van der Waals surface area contributed by atoms with Gasteiger partial charge in [-0.25, -0.2) is 0 Å². The highest BCUT2D eigenvalue weighted by molar-refractivity contribution is 6.33. The fraction of sp³-hybridized carbons (Fsp3) is 0.556. The van der Waals surface area contributed by atoms with Gasteiger partial charge in [0.1, 0.15) is 0 Å². The molecular weight excluding hydrogens is 330 g/mol. The quantitative estimate of drug-likeness (QED) is 0.796. The molecule has 2 rings (SSSR count). The van der Waals surface area contributed by atoms with Crippen molar-refractivity contribution in [1.29, 1.82) is 0 Å². The van der Waals surface area contributed by atoms with Gasteiger partial charge in [-0.05, 0) is 44.7 Å². The molecule has 1 saturated heterocycles. The highest BCUT2D eigenvalue weighted by atomic mass is 35.5. The number of carbonyl (C=O) groups is 2. The second-order valence-corrected chi connectivity index (χ2v) is 6.90. The Bertz CT molecular complexity index is 619. The molecular formula is C18H24ClNO4. The number of hydrogen-bond donors (Lipinski definition) is 1. The van der Waals surface area contributed by atoms with E-state index in [2.05, 4.69) is 0 Å². The maximum absolute atomic E-state index is 12.8. The van der Waals surface area contributed by atoms with E-state index >= 15 is 0 Å². The van der Waals surface area contributed by atoms with Crippen LogP contribution in [0.25, 0.3) is 0 Å². The highest BCUT2D eigenvalue weighted by Crippen LogP contribution is 2.36. The van der Waals surface area contributed by atoms with Crippen molar-refractivity contribution < 1.29 is 19.4 Å². The summed E-state index contributed by atoms with van der Waals surface area (Å²) in [6, 6.07) is 5.31. The zero-order chi connectivity index (χ0) is 17.7. The Hall–Kier alpha value is -1.59. The molecule has 1 aromatic carbocycles. The Morgan fingerprint density at radius 1 is 1.42 bits per heavy atom. The molecule has 0 spiro atoms. The Morgan fingerprint density at radius 3 is 2.83 bits per heavy atom. The minimum atomic E-state index is -0.900. The van der Waals surface area contributed by atoms with Crippen molar-refractivity contribution >= 4 is 23.5 Å². The molecule has 1 amide bonds. The Labute approximate surface area is 147 Å². The Morgan fingerprint density at radius 2 is 2.17 bits per heavy atom. The smallest absolute Gasteiger partial charge is 0.311 e. The first-order valence-electron chi connectivity index (χ1n) is 8.17. The number of hydrogen-bond acceptors (Lipinski definition) is 3. The standard InChI is InChI=1S/C18H24ClNO4/c1-13-5-6-15(19)14(11-13)16(21)20-9-3-7-18(12-20,17(22)23)8-4-10-24-2/h5-6,11H,3-4,7-10,12H2,1-2H3,(H,22,23). The molecule has 1 aliphatic heterocycles. The maximum atomic E-state index is 12.8. The van der Waals surface area contributed by atoms with Gasteiger partial charge in [0.05, 0.1) is 16.0 Å². The van der Waals surface area contributed by atoms with Crippen molar-refractivity contribution in [2.24, 2.45) is 5.41 Å². The van der Waals surface area contributed by atoms with E-state index in [1.807, 2.05) is 13.0 Å². The van der Waals surface area contributed by atoms with Crippen LogP contribution < -0.4 is 0 Å². The summed E-state index contributed by atoms with van der Waals surface area (Å²) in [5.74, 6) is -1.03. The van der Waals surface area contributed by atoms with Crippen molar-refractivity contribution in [1.82, 2.24) is 4.90 Å². The summed E-state index contributed by atoms with van der Waals surface area (Å²) in [6.07, 6.45) is 2.42. The van der Waals surface area contributed by atoms with Crippen LogP contribution in [0.5, 0.6) is 0 Å². The van der Waals surface area contributed by atoms with Crippen molar-refractivity contribution in [3.05, 3.63) is 34.3 Å². The number of benzene rings is 1. The van der Waals surface area contributed by atoms with Gasteiger partial charge in [0.25, 0.3) is 5.91 Å². The molecule has 1 N–H and O–H groups in total. The average molecular weight is 354 g/mol. The number of amides is 1. The van der Waals surface area contributed by atoms with Crippen LogP contribution in [0.3, 0.4) is 0 Å². The van der Waals surface area contributed by atoms with E-state index in [-0.39, 0.29) is 12.5 Å². The Kier molecular flexibility index (Phi) is 6.24. The van der Waals surface area contributed by atoms with Gasteiger partial charge >= 0.3 is 5.97 Å². The number of carboxylic acids is 1. The van der Waals surface area contributed by atoms with Gasteiger partial charge in [0, 0.05) is 26.8 Å². The molecule has 0 saturated carbocycles. The van der Waals surface area contributed by atoms with E-state index < -0.39 is 11.4 Å². The first kappa shape index (κ1) is 18.7. The highest BCUT2D eigenvalue weighted by Gasteiger charge is 2.43. The molecule has 0 aromatic heterocycles. The fourth-order valence-corrected chi connectivity index (χ4v) is 3.52.